The Kier molecular flexibility index (Phi) is 5.21. The molecule has 2 aromatic carbocycles. The minimum Gasteiger partial charge on any atom is -0.313 e. The Morgan fingerprint density at radius 1 is 1.11 bits per heavy atom. The van der Waals surface area contributed by atoms with E-state index in [1.54, 1.807) is 0 Å². The molecule has 0 radical (unpaired) electrons. The van der Waals surface area contributed by atoms with Crippen molar-refractivity contribution < 1.29 is 0 Å². The van der Waals surface area contributed by atoms with E-state index in [2.05, 4.69) is 86.3 Å². The third-order valence-electron chi connectivity index (χ3n) is 3.00. The first-order valence-corrected chi connectivity index (χ1v) is 7.74. The molecule has 0 aliphatic carbocycles. The average molecular weight is 416 g/mol. The summed E-state index contributed by atoms with van der Waals surface area (Å²) in [4.78, 5) is 0. The second-order valence-corrected chi connectivity index (χ2v) is 6.29. The van der Waals surface area contributed by atoms with Crippen LogP contribution in [-0.2, 0) is 6.42 Å². The van der Waals surface area contributed by atoms with E-state index in [4.69, 9.17) is 0 Å². The van der Waals surface area contributed by atoms with E-state index < -0.39 is 0 Å². The van der Waals surface area contributed by atoms with Gasteiger partial charge in [0.25, 0.3) is 0 Å². The van der Waals surface area contributed by atoms with Gasteiger partial charge in [-0.2, -0.15) is 0 Å². The van der Waals surface area contributed by atoms with Crippen molar-refractivity contribution in [1.29, 1.82) is 0 Å². The van der Waals surface area contributed by atoms with Crippen LogP contribution in [0.2, 0.25) is 0 Å². The van der Waals surface area contributed by atoms with Crippen molar-refractivity contribution in [2.75, 3.05) is 7.05 Å². The van der Waals surface area contributed by atoms with Crippen LogP contribution in [0.3, 0.4) is 0 Å². The van der Waals surface area contributed by atoms with E-state index in [1.807, 2.05) is 13.1 Å². The Bertz CT molecular complexity index is 510. The lowest BCUT2D eigenvalue weighted by Crippen LogP contribution is -2.19. The first-order valence-electron chi connectivity index (χ1n) is 5.87. The van der Waals surface area contributed by atoms with Crippen LogP contribution in [0, 0.1) is 3.57 Å². The molecule has 0 heterocycles. The minimum atomic E-state index is 0.348. The first-order chi connectivity index (χ1) is 8.70. The molecule has 0 spiro atoms. The molecule has 0 amide bonds. The Balaban J connectivity index is 2.20. The molecule has 1 N–H and O–H groups in total. The third-order valence-corrected chi connectivity index (χ3v) is 4.50. The minimum absolute atomic E-state index is 0.348. The van der Waals surface area contributed by atoms with E-state index in [-0.39, 0.29) is 0 Å². The molecular weight excluding hydrogens is 401 g/mol. The van der Waals surface area contributed by atoms with Gasteiger partial charge >= 0.3 is 0 Å². The van der Waals surface area contributed by atoms with Gasteiger partial charge in [0.15, 0.2) is 0 Å². The van der Waals surface area contributed by atoms with Gasteiger partial charge in [-0.25, -0.2) is 0 Å². The topological polar surface area (TPSA) is 12.0 Å². The second kappa shape index (κ2) is 6.68. The van der Waals surface area contributed by atoms with Crippen molar-refractivity contribution in [3.8, 4) is 0 Å². The Labute approximate surface area is 130 Å². The molecule has 94 valence electrons. The van der Waals surface area contributed by atoms with Crippen molar-refractivity contribution >= 4 is 38.5 Å². The maximum absolute atomic E-state index is 3.61. The van der Waals surface area contributed by atoms with Crippen molar-refractivity contribution in [1.82, 2.24) is 5.32 Å². The van der Waals surface area contributed by atoms with Crippen LogP contribution in [0.15, 0.2) is 53.0 Å². The van der Waals surface area contributed by atoms with Gasteiger partial charge in [0.1, 0.15) is 0 Å². The summed E-state index contributed by atoms with van der Waals surface area (Å²) in [7, 11) is 2.01. The normalized spacial score (nSPS) is 12.4. The highest BCUT2D eigenvalue weighted by atomic mass is 127. The predicted octanol–water partition coefficient (Wildman–Crippen LogP) is 4.56. The third kappa shape index (κ3) is 3.56. The molecule has 0 saturated carbocycles. The van der Waals surface area contributed by atoms with E-state index in [9.17, 15) is 0 Å². The van der Waals surface area contributed by atoms with Gasteiger partial charge in [-0.05, 0) is 65.4 Å². The maximum atomic E-state index is 3.61. The summed E-state index contributed by atoms with van der Waals surface area (Å²) in [6, 6.07) is 17.4. The largest absolute Gasteiger partial charge is 0.313 e. The molecule has 0 aliphatic heterocycles. The highest BCUT2D eigenvalue weighted by Gasteiger charge is 2.11. The highest BCUT2D eigenvalue weighted by Crippen LogP contribution is 2.24. The molecule has 1 atom stereocenters. The number of likely N-dealkylation sites (N-methyl/N-ethyl adjacent to an activating group) is 1. The van der Waals surface area contributed by atoms with Crippen LogP contribution < -0.4 is 5.32 Å². The lowest BCUT2D eigenvalue weighted by atomic mass is 9.99. The van der Waals surface area contributed by atoms with Gasteiger partial charge < -0.3 is 5.32 Å². The van der Waals surface area contributed by atoms with Gasteiger partial charge in [0, 0.05) is 14.1 Å². The van der Waals surface area contributed by atoms with Crippen LogP contribution >= 0.6 is 38.5 Å². The van der Waals surface area contributed by atoms with Crippen LogP contribution in [0.5, 0.6) is 0 Å². The Morgan fingerprint density at radius 2 is 1.78 bits per heavy atom. The monoisotopic (exact) mass is 415 g/mol. The SMILES string of the molecule is CNC(Cc1ccccc1Br)c1ccc(I)cc1. The number of hydrogen-bond donors (Lipinski definition) is 1. The quantitative estimate of drug-likeness (QED) is 0.722. The summed E-state index contributed by atoms with van der Waals surface area (Å²) in [6.45, 7) is 0. The summed E-state index contributed by atoms with van der Waals surface area (Å²) in [5.74, 6) is 0. The predicted molar refractivity (Wildman–Crippen MR) is 88.8 cm³/mol. The van der Waals surface area contributed by atoms with Crippen molar-refractivity contribution in [3.05, 3.63) is 67.7 Å². The molecule has 2 rings (SSSR count). The molecule has 2 aromatic rings. The van der Waals surface area contributed by atoms with Crippen molar-refractivity contribution in [2.45, 2.75) is 12.5 Å². The number of rotatable bonds is 4. The average Bonchev–Trinajstić information content (AvgIpc) is 2.39. The van der Waals surface area contributed by atoms with Gasteiger partial charge in [-0.3, -0.25) is 0 Å². The smallest absolute Gasteiger partial charge is 0.0358 e. The summed E-state index contributed by atoms with van der Waals surface area (Å²) in [6.07, 6.45) is 0.985. The number of nitrogens with one attached hydrogen (secondary N) is 1. The number of benzene rings is 2. The van der Waals surface area contributed by atoms with Gasteiger partial charge in [0.2, 0.25) is 0 Å². The molecule has 0 fully saturated rings. The van der Waals surface area contributed by atoms with Gasteiger partial charge in [-0.15, -0.1) is 0 Å². The number of halogens is 2. The summed E-state index contributed by atoms with van der Waals surface area (Å²) in [5, 5.41) is 3.39. The standard InChI is InChI=1S/C15H15BrIN/c1-18-15(11-6-8-13(17)9-7-11)10-12-4-2-3-5-14(12)16/h2-9,15,18H,10H2,1H3. The molecular formula is C15H15BrIN. The zero-order valence-electron chi connectivity index (χ0n) is 10.2. The Hall–Kier alpha value is -0.390. The van der Waals surface area contributed by atoms with Crippen molar-refractivity contribution in [2.24, 2.45) is 0 Å². The lowest BCUT2D eigenvalue weighted by molar-refractivity contribution is 0.591. The molecule has 1 unspecified atom stereocenters. The zero-order chi connectivity index (χ0) is 13.0. The second-order valence-electron chi connectivity index (χ2n) is 4.19. The van der Waals surface area contributed by atoms with Crippen LogP contribution in [0.1, 0.15) is 17.2 Å². The molecule has 1 nitrogen and oxygen atoms in total. The summed E-state index contributed by atoms with van der Waals surface area (Å²) >= 11 is 5.94. The molecule has 0 saturated heterocycles. The lowest BCUT2D eigenvalue weighted by Gasteiger charge is -2.17. The highest BCUT2D eigenvalue weighted by molar-refractivity contribution is 14.1. The van der Waals surface area contributed by atoms with Crippen LogP contribution in [0.25, 0.3) is 0 Å². The van der Waals surface area contributed by atoms with E-state index in [0.29, 0.717) is 6.04 Å². The molecule has 0 aliphatic rings. The summed E-state index contributed by atoms with van der Waals surface area (Å²) in [5.41, 5.74) is 2.66. The first kappa shape index (κ1) is 14.0. The van der Waals surface area contributed by atoms with Gasteiger partial charge in [-0.1, -0.05) is 46.3 Å². The zero-order valence-corrected chi connectivity index (χ0v) is 13.9. The van der Waals surface area contributed by atoms with Crippen molar-refractivity contribution in [3.63, 3.8) is 0 Å². The fourth-order valence-electron chi connectivity index (χ4n) is 1.97. The van der Waals surface area contributed by atoms with Crippen LogP contribution in [0.4, 0.5) is 0 Å². The van der Waals surface area contributed by atoms with Gasteiger partial charge in [0.05, 0.1) is 0 Å². The summed E-state index contributed by atoms with van der Waals surface area (Å²) < 4.78 is 2.45. The number of hydrogen-bond acceptors (Lipinski definition) is 1. The van der Waals surface area contributed by atoms with Crippen LogP contribution in [-0.4, -0.2) is 7.05 Å². The van der Waals surface area contributed by atoms with E-state index >= 15 is 0 Å². The Morgan fingerprint density at radius 3 is 2.39 bits per heavy atom. The van der Waals surface area contributed by atoms with E-state index in [1.165, 1.54) is 19.2 Å². The fraction of sp³-hybridized carbons (Fsp3) is 0.200. The van der Waals surface area contributed by atoms with E-state index in [0.717, 1.165) is 6.42 Å². The fourth-order valence-corrected chi connectivity index (χ4v) is 2.77. The molecule has 0 aromatic heterocycles. The molecule has 3 heteroatoms. The maximum Gasteiger partial charge on any atom is 0.0358 e. The molecule has 18 heavy (non-hydrogen) atoms. The molecule has 0 bridgehead atoms.